The number of hydrogen-bond donors (Lipinski definition) is 0. The van der Waals surface area contributed by atoms with E-state index in [-0.39, 0.29) is 16.8 Å². The van der Waals surface area contributed by atoms with Crippen LogP contribution >= 0.6 is 35.3 Å². The first-order chi connectivity index (χ1) is 34.2. The van der Waals surface area contributed by atoms with Crippen molar-refractivity contribution in [3.63, 3.8) is 0 Å². The van der Waals surface area contributed by atoms with Gasteiger partial charge in [-0.15, -0.1) is 0 Å². The van der Waals surface area contributed by atoms with Gasteiger partial charge in [0.1, 0.15) is 11.6 Å². The predicted molar refractivity (Wildman–Crippen MR) is 274 cm³/mol. The summed E-state index contributed by atoms with van der Waals surface area (Å²) in [6.07, 6.45) is -3.96. The monoisotopic (exact) mass is 976 g/mol. The molecule has 0 saturated heterocycles. The molecule has 0 atom stereocenters. The fraction of sp³-hybridized carbons (Fsp3) is 0.0172. The zero-order valence-electron chi connectivity index (χ0n) is 36.5. The van der Waals surface area contributed by atoms with Gasteiger partial charge in [0.25, 0.3) is 0 Å². The van der Waals surface area contributed by atoms with Crippen LogP contribution in [-0.4, -0.2) is 4.98 Å². The molecule has 0 unspecified atom stereocenters. The average Bonchev–Trinajstić information content (AvgIpc) is 3.38. The maximum Gasteiger partial charge on any atom is 0.417 e. The van der Waals surface area contributed by atoms with Crippen molar-refractivity contribution >= 4 is 97.2 Å². The van der Waals surface area contributed by atoms with Crippen LogP contribution in [0, 0.1) is 11.6 Å². The molecule has 0 spiro atoms. The van der Waals surface area contributed by atoms with Crippen molar-refractivity contribution in [3.8, 4) is 22.4 Å². The zero-order chi connectivity index (χ0) is 47.3. The standard InChI is InChI=1S/C58H33F5N4S3/c59-42-32-43(60)41(44-26-23-34(33-64-44)58(61,62)63)31-40(42)38-11-9-13-39-37(38)12-10-18-45(39)67-50-27-24-35(65-46-14-1-5-19-52(46)68-53-20-6-2-15-47(53)65)29-56(50)70-57-30-36(25-28-51(57)67)66-48-16-3-7-21-54(48)69-55-22-8-4-17-49(55)66/h1-33H. The molecular formula is C58H33F5N4S3. The molecule has 13 rings (SSSR count). The van der Waals surface area contributed by atoms with Gasteiger partial charge in [0.05, 0.1) is 51.1 Å². The lowest BCUT2D eigenvalue weighted by Gasteiger charge is -2.37. The first kappa shape index (κ1) is 42.6. The minimum Gasteiger partial charge on any atom is -0.308 e. The normalized spacial score (nSPS) is 13.5. The third-order valence-corrected chi connectivity index (χ3v) is 16.2. The highest BCUT2D eigenvalue weighted by atomic mass is 32.2. The Labute approximate surface area is 412 Å². The molecule has 0 bridgehead atoms. The summed E-state index contributed by atoms with van der Waals surface area (Å²) < 4.78 is 72.0. The lowest BCUT2D eigenvalue weighted by molar-refractivity contribution is -0.137. The Morgan fingerprint density at radius 3 is 1.33 bits per heavy atom. The second kappa shape index (κ2) is 16.6. The van der Waals surface area contributed by atoms with E-state index in [9.17, 15) is 13.2 Å². The minimum atomic E-state index is -4.62. The van der Waals surface area contributed by atoms with Gasteiger partial charge in [-0.2, -0.15) is 13.2 Å². The second-order valence-electron chi connectivity index (χ2n) is 16.9. The highest BCUT2D eigenvalue weighted by Crippen LogP contribution is 2.59. The van der Waals surface area contributed by atoms with Crippen LogP contribution in [0.3, 0.4) is 0 Å². The van der Waals surface area contributed by atoms with Crippen molar-refractivity contribution < 1.29 is 22.0 Å². The molecule has 3 aliphatic rings. The van der Waals surface area contributed by atoms with Crippen molar-refractivity contribution in [2.75, 3.05) is 14.7 Å². The number of anilines is 9. The Hall–Kier alpha value is -7.51. The average molecular weight is 977 g/mol. The maximum absolute atomic E-state index is 16.2. The highest BCUT2D eigenvalue weighted by Gasteiger charge is 2.33. The lowest BCUT2D eigenvalue weighted by Crippen LogP contribution is -2.19. The zero-order valence-corrected chi connectivity index (χ0v) is 38.9. The minimum absolute atomic E-state index is 0.0454. The quantitative estimate of drug-likeness (QED) is 0.158. The van der Waals surface area contributed by atoms with Crippen LogP contribution in [0.15, 0.2) is 230 Å². The Morgan fingerprint density at radius 1 is 0.357 bits per heavy atom. The number of aromatic nitrogens is 1. The van der Waals surface area contributed by atoms with Crippen molar-refractivity contribution in [3.05, 3.63) is 218 Å². The fourth-order valence-corrected chi connectivity index (χ4v) is 12.9. The van der Waals surface area contributed by atoms with Gasteiger partial charge >= 0.3 is 6.18 Å². The van der Waals surface area contributed by atoms with Crippen molar-refractivity contribution in [2.45, 2.75) is 35.5 Å². The van der Waals surface area contributed by atoms with Crippen LogP contribution in [0.2, 0.25) is 0 Å². The molecule has 1 aromatic heterocycles. The molecule has 0 fully saturated rings. The molecule has 0 amide bonds. The number of para-hydroxylation sites is 4. The Morgan fingerprint density at radius 2 is 0.814 bits per heavy atom. The van der Waals surface area contributed by atoms with Crippen molar-refractivity contribution in [1.29, 1.82) is 0 Å². The number of halogens is 5. The summed E-state index contributed by atoms with van der Waals surface area (Å²) in [6.45, 7) is 0. The number of alkyl halides is 3. The lowest BCUT2D eigenvalue weighted by atomic mass is 9.94. The van der Waals surface area contributed by atoms with Gasteiger partial charge in [-0.3, -0.25) is 4.98 Å². The SMILES string of the molecule is Fc1cc(F)c(-c2cccc3c(N4c5ccc(N6c7ccccc7Sc7ccccc76)cc5Sc5cc(N6c7ccccc7Sc7ccccc76)ccc54)cccc23)cc1-c1ccc(C(F)(F)F)cn1. The topological polar surface area (TPSA) is 22.6 Å². The van der Waals surface area contributed by atoms with Crippen molar-refractivity contribution in [1.82, 2.24) is 4.98 Å². The summed E-state index contributed by atoms with van der Waals surface area (Å²) in [7, 11) is 0. The maximum atomic E-state index is 16.2. The molecule has 4 heterocycles. The first-order valence-corrected chi connectivity index (χ1v) is 24.7. The Kier molecular flexibility index (Phi) is 10.1. The third kappa shape index (κ3) is 7.03. The summed E-state index contributed by atoms with van der Waals surface area (Å²) in [5.74, 6) is -1.74. The van der Waals surface area contributed by atoms with E-state index in [4.69, 9.17) is 0 Å². The number of benzene rings is 9. The number of rotatable bonds is 5. The molecule has 9 aromatic carbocycles. The summed E-state index contributed by atoms with van der Waals surface area (Å²) in [5.41, 5.74) is 8.59. The highest BCUT2D eigenvalue weighted by molar-refractivity contribution is 8.00. The van der Waals surface area contributed by atoms with Crippen LogP contribution in [0.25, 0.3) is 33.2 Å². The number of nitrogens with zero attached hydrogens (tertiary/aromatic N) is 4. The van der Waals surface area contributed by atoms with Gasteiger partial charge in [-0.05, 0) is 120 Å². The smallest absolute Gasteiger partial charge is 0.308 e. The molecule has 3 aliphatic heterocycles. The van der Waals surface area contributed by atoms with Gasteiger partial charge < -0.3 is 14.7 Å². The molecule has 0 N–H and O–H groups in total. The van der Waals surface area contributed by atoms with Crippen LogP contribution in [0.5, 0.6) is 0 Å². The van der Waals surface area contributed by atoms with Gasteiger partial charge in [-0.1, -0.05) is 114 Å². The molecule has 12 heteroatoms. The van der Waals surface area contributed by atoms with Crippen LogP contribution in [0.1, 0.15) is 5.56 Å². The summed E-state index contributed by atoms with van der Waals surface area (Å²) in [5, 5.41) is 1.51. The van der Waals surface area contributed by atoms with Crippen LogP contribution in [-0.2, 0) is 6.18 Å². The Bertz CT molecular complexity index is 3530. The van der Waals surface area contributed by atoms with E-state index in [0.717, 1.165) is 104 Å². The van der Waals surface area contributed by atoms with E-state index >= 15 is 8.78 Å². The molecule has 0 aliphatic carbocycles. The fourth-order valence-electron chi connectivity index (χ4n) is 9.69. The first-order valence-electron chi connectivity index (χ1n) is 22.3. The molecule has 10 aromatic rings. The molecule has 0 saturated carbocycles. The summed E-state index contributed by atoms with van der Waals surface area (Å²) in [6, 6.07) is 62.6. The largest absolute Gasteiger partial charge is 0.417 e. The molecule has 4 nitrogen and oxygen atoms in total. The summed E-state index contributed by atoms with van der Waals surface area (Å²) >= 11 is 5.24. The van der Waals surface area contributed by atoms with E-state index in [1.807, 2.05) is 24.3 Å². The number of hydrogen-bond acceptors (Lipinski definition) is 7. The van der Waals surface area contributed by atoms with E-state index in [1.165, 1.54) is 6.07 Å². The molecular weight excluding hydrogens is 944 g/mol. The van der Waals surface area contributed by atoms with E-state index in [2.05, 4.69) is 159 Å². The molecule has 70 heavy (non-hydrogen) atoms. The Balaban J connectivity index is 0.988. The van der Waals surface area contributed by atoms with Gasteiger partial charge in [-0.25, -0.2) is 8.78 Å². The number of pyridine rings is 1. The third-order valence-electron chi connectivity index (χ3n) is 12.8. The van der Waals surface area contributed by atoms with Crippen LogP contribution in [0.4, 0.5) is 73.1 Å². The van der Waals surface area contributed by atoms with E-state index < -0.39 is 23.4 Å². The summed E-state index contributed by atoms with van der Waals surface area (Å²) in [4.78, 5) is 17.6. The molecule has 338 valence electrons. The molecule has 0 radical (unpaired) electrons. The van der Waals surface area contributed by atoms with E-state index in [1.54, 1.807) is 41.4 Å². The van der Waals surface area contributed by atoms with Gasteiger partial charge in [0, 0.05) is 69.5 Å². The van der Waals surface area contributed by atoms with Crippen LogP contribution < -0.4 is 14.7 Å². The number of fused-ring (bicyclic) bond motifs is 7. The van der Waals surface area contributed by atoms with Crippen molar-refractivity contribution in [2.24, 2.45) is 0 Å². The van der Waals surface area contributed by atoms with Gasteiger partial charge in [0.2, 0.25) is 0 Å². The predicted octanol–water partition coefficient (Wildman–Crippen LogP) is 18.7. The van der Waals surface area contributed by atoms with E-state index in [0.29, 0.717) is 17.1 Å². The van der Waals surface area contributed by atoms with Gasteiger partial charge in [0.15, 0.2) is 0 Å². The second-order valence-corrected chi connectivity index (χ2v) is 20.2.